The number of anilines is 1. The molecule has 1 amide bonds. The first-order chi connectivity index (χ1) is 15.2. The predicted octanol–water partition coefficient (Wildman–Crippen LogP) is 6.08. The summed E-state index contributed by atoms with van der Waals surface area (Å²) in [6, 6.07) is 36.3. The monoisotopic (exact) mass is 405 g/mol. The van der Waals surface area contributed by atoms with Gasteiger partial charge in [0.15, 0.2) is 5.78 Å². The Labute approximate surface area is 182 Å². The molecule has 0 aromatic heterocycles. The Morgan fingerprint density at radius 3 is 1.55 bits per heavy atom. The first-order valence-corrected chi connectivity index (χ1v) is 10.3. The maximum absolute atomic E-state index is 12.8. The van der Waals surface area contributed by atoms with E-state index in [2.05, 4.69) is 29.6 Å². The van der Waals surface area contributed by atoms with Gasteiger partial charge in [0.1, 0.15) is 0 Å². The minimum absolute atomic E-state index is 0.0265. The van der Waals surface area contributed by atoms with E-state index in [0.29, 0.717) is 23.2 Å². The molecule has 0 fully saturated rings. The second-order valence-corrected chi connectivity index (χ2v) is 7.40. The normalized spacial score (nSPS) is 10.6. The van der Waals surface area contributed by atoms with Gasteiger partial charge < -0.3 is 5.32 Å². The highest BCUT2D eigenvalue weighted by Gasteiger charge is 2.18. The van der Waals surface area contributed by atoms with Crippen LogP contribution in [0.25, 0.3) is 0 Å². The standard InChI is InChI=1S/C28H23NO2/c30-27(20-26(21-10-4-1-5-11-21)22-12-6-2-7-13-22)29-25-18-16-24(17-19-25)28(31)23-14-8-3-9-15-23/h1-19,26H,20H2,(H,29,30). The van der Waals surface area contributed by atoms with Gasteiger partial charge in [0.2, 0.25) is 5.91 Å². The topological polar surface area (TPSA) is 46.2 Å². The van der Waals surface area contributed by atoms with Crippen molar-refractivity contribution in [3.05, 3.63) is 138 Å². The number of benzene rings is 4. The molecule has 31 heavy (non-hydrogen) atoms. The highest BCUT2D eigenvalue weighted by molar-refractivity contribution is 6.09. The molecular formula is C28H23NO2. The first-order valence-electron chi connectivity index (χ1n) is 10.3. The third-order valence-electron chi connectivity index (χ3n) is 5.26. The quantitative estimate of drug-likeness (QED) is 0.379. The van der Waals surface area contributed by atoms with Crippen molar-refractivity contribution in [2.24, 2.45) is 0 Å². The summed E-state index contributed by atoms with van der Waals surface area (Å²) >= 11 is 0. The van der Waals surface area contributed by atoms with E-state index in [0.717, 1.165) is 11.1 Å². The smallest absolute Gasteiger partial charge is 0.225 e. The Morgan fingerprint density at radius 1 is 0.581 bits per heavy atom. The lowest BCUT2D eigenvalue weighted by molar-refractivity contribution is -0.116. The molecule has 3 nitrogen and oxygen atoms in total. The highest BCUT2D eigenvalue weighted by Crippen LogP contribution is 2.28. The van der Waals surface area contributed by atoms with Crippen LogP contribution in [0.2, 0.25) is 0 Å². The number of hydrogen-bond acceptors (Lipinski definition) is 2. The minimum Gasteiger partial charge on any atom is -0.326 e. The van der Waals surface area contributed by atoms with Crippen LogP contribution in [0.3, 0.4) is 0 Å². The van der Waals surface area contributed by atoms with Gasteiger partial charge in [0.25, 0.3) is 0 Å². The van der Waals surface area contributed by atoms with Crippen LogP contribution in [0.1, 0.15) is 39.4 Å². The van der Waals surface area contributed by atoms with Crippen molar-refractivity contribution >= 4 is 17.4 Å². The second-order valence-electron chi connectivity index (χ2n) is 7.40. The lowest BCUT2D eigenvalue weighted by Crippen LogP contribution is -2.16. The van der Waals surface area contributed by atoms with E-state index >= 15 is 0 Å². The second kappa shape index (κ2) is 9.68. The highest BCUT2D eigenvalue weighted by atomic mass is 16.1. The van der Waals surface area contributed by atoms with E-state index in [1.807, 2.05) is 54.6 Å². The maximum atomic E-state index is 12.8. The molecule has 0 heterocycles. The largest absolute Gasteiger partial charge is 0.326 e. The fourth-order valence-electron chi connectivity index (χ4n) is 3.66. The van der Waals surface area contributed by atoms with Gasteiger partial charge in [-0.3, -0.25) is 9.59 Å². The third-order valence-corrected chi connectivity index (χ3v) is 5.26. The van der Waals surface area contributed by atoms with Crippen molar-refractivity contribution in [3.63, 3.8) is 0 Å². The number of amides is 1. The molecule has 0 aliphatic carbocycles. The summed E-state index contributed by atoms with van der Waals surface area (Å²) in [6.07, 6.45) is 0.332. The Balaban J connectivity index is 1.46. The molecule has 0 bridgehead atoms. The van der Waals surface area contributed by atoms with Crippen molar-refractivity contribution < 1.29 is 9.59 Å². The molecule has 0 unspecified atom stereocenters. The zero-order valence-corrected chi connectivity index (χ0v) is 17.1. The van der Waals surface area contributed by atoms with Gasteiger partial charge in [-0.05, 0) is 35.4 Å². The van der Waals surface area contributed by atoms with Crippen LogP contribution in [-0.2, 0) is 4.79 Å². The van der Waals surface area contributed by atoms with Crippen molar-refractivity contribution in [2.75, 3.05) is 5.32 Å². The average molecular weight is 405 g/mol. The van der Waals surface area contributed by atoms with Crippen LogP contribution in [-0.4, -0.2) is 11.7 Å². The van der Waals surface area contributed by atoms with Gasteiger partial charge in [-0.15, -0.1) is 0 Å². The molecule has 0 radical (unpaired) electrons. The Bertz CT molecular complexity index is 1100. The summed E-state index contributed by atoms with van der Waals surface area (Å²) in [5, 5.41) is 2.97. The van der Waals surface area contributed by atoms with Crippen LogP contribution in [0.15, 0.2) is 115 Å². The molecule has 0 spiro atoms. The van der Waals surface area contributed by atoms with E-state index in [4.69, 9.17) is 0 Å². The van der Waals surface area contributed by atoms with Crippen molar-refractivity contribution in [3.8, 4) is 0 Å². The van der Waals surface area contributed by atoms with Crippen LogP contribution in [0, 0.1) is 0 Å². The van der Waals surface area contributed by atoms with E-state index in [1.165, 1.54) is 0 Å². The van der Waals surface area contributed by atoms with Crippen LogP contribution >= 0.6 is 0 Å². The summed E-state index contributed by atoms with van der Waals surface area (Å²) in [4.78, 5) is 25.4. The summed E-state index contributed by atoms with van der Waals surface area (Å²) in [6.45, 7) is 0. The van der Waals surface area contributed by atoms with Gasteiger partial charge in [0.05, 0.1) is 0 Å². The van der Waals surface area contributed by atoms with E-state index in [9.17, 15) is 9.59 Å². The predicted molar refractivity (Wildman–Crippen MR) is 124 cm³/mol. The van der Waals surface area contributed by atoms with Gasteiger partial charge in [-0.25, -0.2) is 0 Å². The molecule has 4 aromatic carbocycles. The molecule has 0 saturated heterocycles. The first kappa shape index (κ1) is 20.3. The van der Waals surface area contributed by atoms with E-state index in [-0.39, 0.29) is 17.6 Å². The maximum Gasteiger partial charge on any atom is 0.225 e. The lowest BCUT2D eigenvalue weighted by atomic mass is 9.88. The number of carbonyl (C=O) groups excluding carboxylic acids is 2. The third kappa shape index (κ3) is 5.14. The Kier molecular flexibility index (Phi) is 6.34. The van der Waals surface area contributed by atoms with E-state index in [1.54, 1.807) is 36.4 Å². The molecule has 0 aliphatic rings. The van der Waals surface area contributed by atoms with Crippen molar-refractivity contribution in [2.45, 2.75) is 12.3 Å². The number of hydrogen-bond donors (Lipinski definition) is 1. The average Bonchev–Trinajstić information content (AvgIpc) is 2.84. The fraction of sp³-hybridized carbons (Fsp3) is 0.0714. The minimum atomic E-state index is -0.0696. The molecule has 152 valence electrons. The van der Waals surface area contributed by atoms with Crippen LogP contribution in [0.4, 0.5) is 5.69 Å². The van der Waals surface area contributed by atoms with Crippen molar-refractivity contribution in [1.82, 2.24) is 0 Å². The fourth-order valence-corrected chi connectivity index (χ4v) is 3.66. The number of carbonyl (C=O) groups is 2. The summed E-state index contributed by atoms with van der Waals surface area (Å²) in [5.41, 5.74) is 4.12. The summed E-state index contributed by atoms with van der Waals surface area (Å²) in [5.74, 6) is -0.132. The zero-order valence-electron chi connectivity index (χ0n) is 17.1. The van der Waals surface area contributed by atoms with Gasteiger partial charge >= 0.3 is 0 Å². The molecule has 0 atom stereocenters. The van der Waals surface area contributed by atoms with Crippen LogP contribution < -0.4 is 5.32 Å². The Hall–Kier alpha value is -3.98. The number of rotatable bonds is 7. The zero-order chi connectivity index (χ0) is 21.5. The SMILES string of the molecule is O=C(CC(c1ccccc1)c1ccccc1)Nc1ccc(C(=O)c2ccccc2)cc1. The Morgan fingerprint density at radius 2 is 1.03 bits per heavy atom. The number of ketones is 1. The van der Waals surface area contributed by atoms with Gasteiger partial charge in [-0.1, -0.05) is 91.0 Å². The lowest BCUT2D eigenvalue weighted by Gasteiger charge is -2.18. The van der Waals surface area contributed by atoms with Gasteiger partial charge in [-0.2, -0.15) is 0 Å². The molecule has 1 N–H and O–H groups in total. The summed E-state index contributed by atoms with van der Waals surface area (Å²) < 4.78 is 0. The van der Waals surface area contributed by atoms with Crippen LogP contribution in [0.5, 0.6) is 0 Å². The van der Waals surface area contributed by atoms with Crippen molar-refractivity contribution in [1.29, 1.82) is 0 Å². The molecule has 0 saturated carbocycles. The molecule has 4 aromatic rings. The molecule has 3 heteroatoms. The molecular weight excluding hydrogens is 382 g/mol. The molecule has 0 aliphatic heterocycles. The van der Waals surface area contributed by atoms with Gasteiger partial charge in [0, 0.05) is 29.2 Å². The van der Waals surface area contributed by atoms with E-state index < -0.39 is 0 Å². The molecule has 4 rings (SSSR count). The summed E-state index contributed by atoms with van der Waals surface area (Å²) in [7, 11) is 0. The number of nitrogens with one attached hydrogen (secondary N) is 1.